The van der Waals surface area contributed by atoms with Crippen molar-refractivity contribution in [2.75, 3.05) is 0 Å². The molecular formula is C16H19NO6S. The first-order valence-corrected chi connectivity index (χ1v) is 8.82. The van der Waals surface area contributed by atoms with Gasteiger partial charge in [0.1, 0.15) is 0 Å². The molecule has 7 nitrogen and oxygen atoms in total. The van der Waals surface area contributed by atoms with Crippen molar-refractivity contribution in [1.82, 2.24) is 5.06 Å². The van der Waals surface area contributed by atoms with Crippen LogP contribution in [0, 0.1) is 0 Å². The van der Waals surface area contributed by atoms with Crippen molar-refractivity contribution in [2.24, 2.45) is 0 Å². The van der Waals surface area contributed by atoms with Crippen LogP contribution in [0.25, 0.3) is 10.8 Å². The quantitative estimate of drug-likeness (QED) is 0.657. The fourth-order valence-electron chi connectivity index (χ4n) is 2.17. The molecule has 24 heavy (non-hydrogen) atoms. The van der Waals surface area contributed by atoms with Crippen LogP contribution < -0.4 is 0 Å². The molecule has 0 aromatic heterocycles. The van der Waals surface area contributed by atoms with E-state index in [1.54, 1.807) is 24.3 Å². The number of hydrogen-bond donors (Lipinski definition) is 1. The molecule has 8 heteroatoms. The summed E-state index contributed by atoms with van der Waals surface area (Å²) < 4.78 is 34.2. The molecule has 1 N–H and O–H groups in total. The fourth-order valence-corrected chi connectivity index (χ4v) is 2.49. The minimum absolute atomic E-state index is 0.0342. The molecule has 1 heterocycles. The maximum Gasteiger partial charge on any atom is 0.419 e. The Kier molecular flexibility index (Phi) is 6.59. The molecule has 0 bridgehead atoms. The lowest BCUT2D eigenvalue weighted by Gasteiger charge is -2.24. The van der Waals surface area contributed by atoms with E-state index in [2.05, 4.69) is 4.28 Å². The number of nitrogens with zero attached hydrogens (tertiary/aromatic N) is 1. The Morgan fingerprint density at radius 3 is 1.67 bits per heavy atom. The Bertz CT molecular complexity index is 809. The van der Waals surface area contributed by atoms with Gasteiger partial charge in [-0.05, 0) is 17.5 Å². The summed E-state index contributed by atoms with van der Waals surface area (Å²) in [6, 6.07) is 9.54. The largest absolute Gasteiger partial charge is 0.419 e. The smallest absolute Gasteiger partial charge is 0.266 e. The number of rotatable bonds is 2. The van der Waals surface area contributed by atoms with Gasteiger partial charge in [-0.2, -0.15) is 8.42 Å². The lowest BCUT2D eigenvalue weighted by molar-refractivity contribution is -0.0217. The maximum absolute atomic E-state index is 12.1. The van der Waals surface area contributed by atoms with E-state index in [4.69, 9.17) is 4.55 Å². The summed E-state index contributed by atoms with van der Waals surface area (Å²) in [7, 11) is -4.98. The highest BCUT2D eigenvalue weighted by Crippen LogP contribution is 2.30. The summed E-state index contributed by atoms with van der Waals surface area (Å²) in [5.41, 5.74) is 0.253. The van der Waals surface area contributed by atoms with Gasteiger partial charge in [-0.15, -0.1) is 9.35 Å². The van der Waals surface area contributed by atoms with Gasteiger partial charge in [0.15, 0.2) is 0 Å². The Balaban J connectivity index is 0.000000671. The van der Waals surface area contributed by atoms with E-state index in [1.165, 1.54) is 12.1 Å². The zero-order valence-electron chi connectivity index (χ0n) is 13.8. The summed E-state index contributed by atoms with van der Waals surface area (Å²) in [6.07, 6.45) is 0. The van der Waals surface area contributed by atoms with Crippen LogP contribution in [-0.2, 0) is 14.7 Å². The van der Waals surface area contributed by atoms with E-state index in [0.717, 1.165) is 0 Å². The van der Waals surface area contributed by atoms with Crippen LogP contribution in [0.2, 0.25) is 0 Å². The number of imide groups is 1. The van der Waals surface area contributed by atoms with Gasteiger partial charge in [-0.3, -0.25) is 14.1 Å². The van der Waals surface area contributed by atoms with Gasteiger partial charge in [-0.25, -0.2) is 0 Å². The number of benzene rings is 2. The minimum atomic E-state index is -4.98. The molecule has 3 rings (SSSR count). The molecule has 0 radical (unpaired) electrons. The average Bonchev–Trinajstić information content (AvgIpc) is 2.59. The van der Waals surface area contributed by atoms with Crippen molar-refractivity contribution in [1.29, 1.82) is 0 Å². The Labute approximate surface area is 140 Å². The number of carbonyl (C=O) groups is 2. The van der Waals surface area contributed by atoms with Gasteiger partial charge in [0, 0.05) is 5.39 Å². The van der Waals surface area contributed by atoms with E-state index < -0.39 is 22.2 Å². The van der Waals surface area contributed by atoms with Crippen LogP contribution in [0.15, 0.2) is 36.4 Å². The number of hydrogen-bond acceptors (Lipinski definition) is 5. The molecule has 0 unspecified atom stereocenters. The zero-order chi connectivity index (χ0) is 18.5. The number of carbonyl (C=O) groups excluding carboxylic acids is 2. The summed E-state index contributed by atoms with van der Waals surface area (Å²) in [4.78, 5) is 24.2. The molecule has 0 aliphatic carbocycles. The van der Waals surface area contributed by atoms with Crippen molar-refractivity contribution in [3.05, 3.63) is 47.5 Å². The van der Waals surface area contributed by atoms with E-state index in [0.29, 0.717) is 10.8 Å². The van der Waals surface area contributed by atoms with Gasteiger partial charge in [-0.1, -0.05) is 52.0 Å². The monoisotopic (exact) mass is 353 g/mol. The molecule has 0 atom stereocenters. The van der Waals surface area contributed by atoms with Crippen molar-refractivity contribution in [2.45, 2.75) is 27.7 Å². The van der Waals surface area contributed by atoms with Gasteiger partial charge >= 0.3 is 10.4 Å². The summed E-state index contributed by atoms with van der Waals surface area (Å²) in [6.45, 7) is 8.00. The van der Waals surface area contributed by atoms with Crippen LogP contribution in [0.4, 0.5) is 0 Å². The van der Waals surface area contributed by atoms with Gasteiger partial charge in [0.25, 0.3) is 11.8 Å². The molecule has 0 spiro atoms. The lowest BCUT2D eigenvalue weighted by Crippen LogP contribution is -2.41. The Morgan fingerprint density at radius 1 is 0.875 bits per heavy atom. The second kappa shape index (κ2) is 8.00. The average molecular weight is 353 g/mol. The minimum Gasteiger partial charge on any atom is -0.266 e. The molecular weight excluding hydrogens is 334 g/mol. The summed E-state index contributed by atoms with van der Waals surface area (Å²) in [5, 5.41) is 1.14. The molecule has 130 valence electrons. The van der Waals surface area contributed by atoms with Crippen LogP contribution in [-0.4, -0.2) is 29.8 Å². The van der Waals surface area contributed by atoms with Gasteiger partial charge < -0.3 is 0 Å². The topological polar surface area (TPSA) is 101 Å². The van der Waals surface area contributed by atoms with Crippen molar-refractivity contribution >= 4 is 33.0 Å². The first-order chi connectivity index (χ1) is 11.4. The van der Waals surface area contributed by atoms with Crippen molar-refractivity contribution in [3.63, 3.8) is 0 Å². The molecule has 2 aromatic carbocycles. The standard InChI is InChI=1S/C12H7NO6S.2C2H6/c14-11-8-5-1-3-7-4-2-6-9(10(7)8)12(15)13(11)19-20(16,17)18;2*1-2/h1-6H,(H,16,17,18);2*1-2H3. The Morgan fingerprint density at radius 2 is 1.29 bits per heavy atom. The van der Waals surface area contributed by atoms with Crippen LogP contribution in [0.1, 0.15) is 48.4 Å². The van der Waals surface area contributed by atoms with E-state index in [1.807, 2.05) is 27.7 Å². The third-order valence-corrected chi connectivity index (χ3v) is 3.24. The van der Waals surface area contributed by atoms with Crippen LogP contribution in [0.5, 0.6) is 0 Å². The highest BCUT2D eigenvalue weighted by molar-refractivity contribution is 7.80. The third-order valence-electron chi connectivity index (χ3n) is 2.90. The molecule has 0 saturated heterocycles. The molecule has 2 aromatic rings. The molecule has 0 fully saturated rings. The molecule has 1 aliphatic rings. The fraction of sp³-hybridized carbons (Fsp3) is 0.250. The highest BCUT2D eigenvalue weighted by atomic mass is 32.3. The number of hydroxylamine groups is 2. The normalized spacial score (nSPS) is 13.0. The van der Waals surface area contributed by atoms with E-state index in [9.17, 15) is 18.0 Å². The summed E-state index contributed by atoms with van der Waals surface area (Å²) >= 11 is 0. The number of amides is 2. The third kappa shape index (κ3) is 3.78. The van der Waals surface area contributed by atoms with Crippen LogP contribution >= 0.6 is 0 Å². The molecule has 2 amide bonds. The van der Waals surface area contributed by atoms with Crippen LogP contribution in [0.3, 0.4) is 0 Å². The highest BCUT2D eigenvalue weighted by Gasteiger charge is 2.36. The first kappa shape index (κ1) is 19.8. The molecule has 1 aliphatic heterocycles. The van der Waals surface area contributed by atoms with Gasteiger partial charge in [0.05, 0.1) is 11.1 Å². The van der Waals surface area contributed by atoms with Crippen molar-refractivity contribution < 1.29 is 26.8 Å². The SMILES string of the molecule is CC.CC.O=C1c2cccc3cccc(c23)C(=O)N1OS(=O)(=O)O. The van der Waals surface area contributed by atoms with Gasteiger partial charge in [0.2, 0.25) is 0 Å². The van der Waals surface area contributed by atoms with E-state index in [-0.39, 0.29) is 16.2 Å². The predicted molar refractivity (Wildman–Crippen MR) is 89.8 cm³/mol. The molecule has 0 saturated carbocycles. The maximum atomic E-state index is 12.1. The predicted octanol–water partition coefficient (Wildman–Crippen LogP) is 3.22. The first-order valence-electron chi connectivity index (χ1n) is 7.46. The summed E-state index contributed by atoms with van der Waals surface area (Å²) in [5.74, 6) is -1.89. The Hall–Kier alpha value is -2.29. The van der Waals surface area contributed by atoms with E-state index >= 15 is 0 Å². The second-order valence-electron chi connectivity index (χ2n) is 4.12. The zero-order valence-corrected chi connectivity index (χ0v) is 14.6. The van der Waals surface area contributed by atoms with Crippen molar-refractivity contribution in [3.8, 4) is 0 Å². The second-order valence-corrected chi connectivity index (χ2v) is 5.12. The lowest BCUT2D eigenvalue weighted by atomic mass is 9.95.